The Kier molecular flexibility index (Phi) is 3.99. The molecule has 0 unspecified atom stereocenters. The smallest absolute Gasteiger partial charge is 0.0474 e. The Hall–Kier alpha value is -4.10. The number of nitrogens with one attached hydrogen (secondary N) is 1. The minimum Gasteiger partial charge on any atom is -0.354 e. The van der Waals surface area contributed by atoms with Crippen LogP contribution in [0.1, 0.15) is 61.4 Å². The number of hydrogen-bond donors (Lipinski definition) is 1. The number of rotatable bonds is 1. The topological polar surface area (TPSA) is 15.8 Å². The van der Waals surface area contributed by atoms with Crippen LogP contribution in [0, 0.1) is 0 Å². The maximum Gasteiger partial charge on any atom is 0.0474 e. The molecule has 0 spiro atoms. The maximum absolute atomic E-state index is 3.72. The van der Waals surface area contributed by atoms with E-state index in [2.05, 4.69) is 124 Å². The summed E-state index contributed by atoms with van der Waals surface area (Å²) in [5, 5.41) is 5.41. The number of benzene rings is 5. The van der Waals surface area contributed by atoms with Crippen molar-refractivity contribution in [3.05, 3.63) is 124 Å². The Labute approximate surface area is 217 Å². The zero-order chi connectivity index (χ0) is 25.1. The van der Waals surface area contributed by atoms with E-state index in [0.29, 0.717) is 0 Å². The molecule has 1 aromatic heterocycles. The Morgan fingerprint density at radius 3 is 2.22 bits per heavy atom. The molecule has 0 radical (unpaired) electrons. The first-order valence-corrected chi connectivity index (χ1v) is 13.4. The normalized spacial score (nSPS) is 17.6. The number of para-hydroxylation sites is 1. The molecule has 178 valence electrons. The fraction of sp³-hybridized carbons (Fsp3) is 0.167. The largest absolute Gasteiger partial charge is 0.354 e. The summed E-state index contributed by atoms with van der Waals surface area (Å²) in [6.07, 6.45) is 0. The third kappa shape index (κ3) is 2.54. The van der Waals surface area contributed by atoms with Gasteiger partial charge in [0.1, 0.15) is 0 Å². The van der Waals surface area contributed by atoms with Gasteiger partial charge in [0.05, 0.1) is 0 Å². The molecule has 8 rings (SSSR count). The van der Waals surface area contributed by atoms with Crippen LogP contribution < -0.4 is 0 Å². The highest BCUT2D eigenvalue weighted by Crippen LogP contribution is 2.54. The van der Waals surface area contributed by atoms with Crippen LogP contribution in [0.2, 0.25) is 0 Å². The average molecular weight is 476 g/mol. The summed E-state index contributed by atoms with van der Waals surface area (Å²) in [7, 11) is 0. The first-order chi connectivity index (χ1) is 18.0. The molecule has 1 N–H and O–H groups in total. The zero-order valence-corrected chi connectivity index (χ0v) is 21.7. The fourth-order valence-corrected chi connectivity index (χ4v) is 7.38. The maximum atomic E-state index is 3.72. The van der Waals surface area contributed by atoms with Gasteiger partial charge < -0.3 is 4.98 Å². The Morgan fingerprint density at radius 1 is 0.649 bits per heavy atom. The third-order valence-electron chi connectivity index (χ3n) is 9.40. The second kappa shape index (κ2) is 7.01. The first-order valence-electron chi connectivity index (χ1n) is 13.4. The van der Waals surface area contributed by atoms with E-state index in [1.54, 1.807) is 0 Å². The number of aromatic amines is 1. The zero-order valence-electron chi connectivity index (χ0n) is 21.7. The molecule has 0 bridgehead atoms. The van der Waals surface area contributed by atoms with Gasteiger partial charge in [0.2, 0.25) is 0 Å². The highest BCUT2D eigenvalue weighted by Gasteiger charge is 2.37. The van der Waals surface area contributed by atoms with Gasteiger partial charge in [-0.3, -0.25) is 0 Å². The molecule has 1 nitrogen and oxygen atoms in total. The quantitative estimate of drug-likeness (QED) is 0.244. The third-order valence-corrected chi connectivity index (χ3v) is 9.40. The summed E-state index contributed by atoms with van der Waals surface area (Å²) < 4.78 is 0. The summed E-state index contributed by atoms with van der Waals surface area (Å²) in [6.45, 7) is 9.49. The summed E-state index contributed by atoms with van der Waals surface area (Å²) in [6, 6.07) is 34.0. The van der Waals surface area contributed by atoms with Gasteiger partial charge in [0.15, 0.2) is 0 Å². The van der Waals surface area contributed by atoms with Crippen molar-refractivity contribution in [2.45, 2.75) is 39.0 Å². The van der Waals surface area contributed by atoms with Crippen molar-refractivity contribution < 1.29 is 0 Å². The summed E-state index contributed by atoms with van der Waals surface area (Å²) in [5.74, 6) is 0.288. The van der Waals surface area contributed by atoms with Gasteiger partial charge in [-0.25, -0.2) is 0 Å². The lowest BCUT2D eigenvalue weighted by molar-refractivity contribution is 0.639. The Bertz CT molecular complexity index is 1980. The molecule has 2 aliphatic rings. The van der Waals surface area contributed by atoms with Gasteiger partial charge in [-0.1, -0.05) is 105 Å². The van der Waals surface area contributed by atoms with Crippen LogP contribution in [0.4, 0.5) is 0 Å². The lowest BCUT2D eigenvalue weighted by Gasteiger charge is -2.30. The minimum atomic E-state index is 0.0288. The molecule has 1 heteroatoms. The van der Waals surface area contributed by atoms with Gasteiger partial charge >= 0.3 is 0 Å². The number of allylic oxidation sites excluding steroid dienone is 1. The standard InChI is InChI=1S/C36H29N/c1-20-28-19-31-35(25-12-6-8-18-30(25)37-31)27-16-10-14-23(34(27)28)22-13-9-15-26(32(20)22)33-21(2)36(3,4)29-17-7-5-11-24(29)33/h5-20,37H,1-4H3/t20-/m1/s1. The van der Waals surface area contributed by atoms with E-state index in [9.17, 15) is 0 Å². The SMILES string of the molecule is CC1=C(c2cccc3c2[C@H](C)c2cc4[nH]c5ccccc5c4c4cccc-3c24)c2ccccc2C1(C)C. The van der Waals surface area contributed by atoms with E-state index in [-0.39, 0.29) is 11.3 Å². The van der Waals surface area contributed by atoms with Gasteiger partial charge in [-0.2, -0.15) is 0 Å². The molecule has 0 aliphatic heterocycles. The van der Waals surface area contributed by atoms with Crippen molar-refractivity contribution in [1.82, 2.24) is 4.98 Å². The highest BCUT2D eigenvalue weighted by molar-refractivity contribution is 6.24. The molecule has 37 heavy (non-hydrogen) atoms. The molecule has 2 aliphatic carbocycles. The number of fused-ring (bicyclic) bond motifs is 7. The average Bonchev–Trinajstić information content (AvgIpc) is 3.39. The van der Waals surface area contributed by atoms with Crippen LogP contribution in [0.5, 0.6) is 0 Å². The van der Waals surface area contributed by atoms with Crippen LogP contribution in [0.15, 0.2) is 96.6 Å². The van der Waals surface area contributed by atoms with Crippen molar-refractivity contribution in [2.24, 2.45) is 0 Å². The summed E-state index contributed by atoms with van der Waals surface area (Å²) in [4.78, 5) is 3.72. The van der Waals surface area contributed by atoms with Crippen molar-refractivity contribution in [3.8, 4) is 11.1 Å². The van der Waals surface area contributed by atoms with Crippen molar-refractivity contribution in [2.75, 3.05) is 0 Å². The van der Waals surface area contributed by atoms with Crippen molar-refractivity contribution in [1.29, 1.82) is 0 Å². The molecule has 0 saturated heterocycles. The molecule has 0 amide bonds. The van der Waals surface area contributed by atoms with Crippen LogP contribution >= 0.6 is 0 Å². The molecule has 5 aromatic carbocycles. The van der Waals surface area contributed by atoms with Crippen molar-refractivity contribution >= 4 is 38.2 Å². The number of hydrogen-bond acceptors (Lipinski definition) is 0. The second-order valence-corrected chi connectivity index (χ2v) is 11.4. The molecule has 0 saturated carbocycles. The predicted molar refractivity (Wildman–Crippen MR) is 157 cm³/mol. The highest BCUT2D eigenvalue weighted by atomic mass is 14.7. The molecule has 0 fully saturated rings. The van der Waals surface area contributed by atoms with Gasteiger partial charge in [0.25, 0.3) is 0 Å². The van der Waals surface area contributed by atoms with Gasteiger partial charge in [0, 0.05) is 33.1 Å². The predicted octanol–water partition coefficient (Wildman–Crippen LogP) is 9.72. The van der Waals surface area contributed by atoms with E-state index in [1.165, 1.54) is 82.7 Å². The molecular weight excluding hydrogens is 446 g/mol. The van der Waals surface area contributed by atoms with E-state index in [0.717, 1.165) is 0 Å². The van der Waals surface area contributed by atoms with E-state index in [1.807, 2.05) is 0 Å². The van der Waals surface area contributed by atoms with E-state index < -0.39 is 0 Å². The van der Waals surface area contributed by atoms with Crippen LogP contribution in [0.25, 0.3) is 49.3 Å². The monoisotopic (exact) mass is 475 g/mol. The molecule has 1 heterocycles. The summed E-state index contributed by atoms with van der Waals surface area (Å²) >= 11 is 0. The Morgan fingerprint density at radius 2 is 1.32 bits per heavy atom. The molecule has 1 atom stereocenters. The second-order valence-electron chi connectivity index (χ2n) is 11.4. The van der Waals surface area contributed by atoms with E-state index in [4.69, 9.17) is 0 Å². The van der Waals surface area contributed by atoms with Crippen LogP contribution in [-0.4, -0.2) is 4.98 Å². The van der Waals surface area contributed by atoms with Crippen molar-refractivity contribution in [3.63, 3.8) is 0 Å². The number of aromatic nitrogens is 1. The van der Waals surface area contributed by atoms with Gasteiger partial charge in [-0.05, 0) is 74.3 Å². The summed E-state index contributed by atoms with van der Waals surface area (Å²) in [5.41, 5.74) is 15.2. The van der Waals surface area contributed by atoms with Crippen LogP contribution in [0.3, 0.4) is 0 Å². The van der Waals surface area contributed by atoms with E-state index >= 15 is 0 Å². The minimum absolute atomic E-state index is 0.0288. The number of H-pyrrole nitrogens is 1. The molecular formula is C36H29N. The van der Waals surface area contributed by atoms with Crippen LogP contribution in [-0.2, 0) is 5.41 Å². The lowest BCUT2D eigenvalue weighted by Crippen LogP contribution is -2.15. The Balaban J connectivity index is 1.48. The van der Waals surface area contributed by atoms with Gasteiger partial charge in [-0.15, -0.1) is 0 Å². The lowest BCUT2D eigenvalue weighted by atomic mass is 9.73. The molecule has 6 aromatic rings. The first kappa shape index (κ1) is 21.0. The fourth-order valence-electron chi connectivity index (χ4n) is 7.38.